The Morgan fingerprint density at radius 1 is 1.29 bits per heavy atom. The molecule has 148 valence electrons. The molecule has 3 N–H and O–H groups in total. The van der Waals surface area contributed by atoms with Crippen molar-refractivity contribution in [2.24, 2.45) is 0 Å². The van der Waals surface area contributed by atoms with Crippen LogP contribution in [0.2, 0.25) is 0 Å². The van der Waals surface area contributed by atoms with E-state index in [4.69, 9.17) is 9.84 Å². The number of H-pyrrole nitrogens is 1. The summed E-state index contributed by atoms with van der Waals surface area (Å²) >= 11 is 0. The molecule has 10 nitrogen and oxygen atoms in total. The molecular formula is C17H16FN3O7. The molecule has 1 fully saturated rings. The number of halogens is 1. The monoisotopic (exact) mass is 393 g/mol. The van der Waals surface area contributed by atoms with E-state index in [1.807, 2.05) is 4.98 Å². The number of carbonyl (C=O) groups excluding carboxylic acids is 1. The molecule has 1 aliphatic rings. The van der Waals surface area contributed by atoms with Crippen LogP contribution in [0.1, 0.15) is 16.4 Å². The lowest BCUT2D eigenvalue weighted by Gasteiger charge is -2.17. The number of amides is 1. The van der Waals surface area contributed by atoms with E-state index in [1.54, 1.807) is 0 Å². The van der Waals surface area contributed by atoms with Crippen molar-refractivity contribution in [3.63, 3.8) is 0 Å². The molecule has 1 saturated heterocycles. The number of hydrogen-bond acceptors (Lipinski definition) is 6. The number of β-amino-alcohol motifs (C(OH)–C–C–N with tert-alkyl or cyclic N) is 1. The van der Waals surface area contributed by atoms with Gasteiger partial charge in [-0.1, -0.05) is 6.07 Å². The molecule has 2 heterocycles. The lowest BCUT2D eigenvalue weighted by atomic mass is 10.2. The fourth-order valence-electron chi connectivity index (χ4n) is 2.96. The van der Waals surface area contributed by atoms with E-state index in [0.29, 0.717) is 6.20 Å². The smallest absolute Gasteiger partial charge is 0.341 e. The zero-order chi connectivity index (χ0) is 20.4. The summed E-state index contributed by atoms with van der Waals surface area (Å²) in [6.45, 7) is -0.772. The van der Waals surface area contributed by atoms with E-state index in [1.165, 1.54) is 29.2 Å². The van der Waals surface area contributed by atoms with Crippen molar-refractivity contribution >= 4 is 11.9 Å². The maximum absolute atomic E-state index is 13.5. The SMILES string of the molecule is O=C(O)COc1cccc(C(=O)N2C[C@@H](O)[C@H](n3cc(F)c(=O)[nH]c3=O)C2)c1. The molecule has 0 radical (unpaired) electrons. The average molecular weight is 393 g/mol. The van der Waals surface area contributed by atoms with Gasteiger partial charge in [0.25, 0.3) is 11.5 Å². The number of aliphatic hydroxyl groups excluding tert-OH is 1. The van der Waals surface area contributed by atoms with Crippen molar-refractivity contribution in [1.29, 1.82) is 0 Å². The van der Waals surface area contributed by atoms with Crippen LogP contribution in [-0.2, 0) is 4.79 Å². The lowest BCUT2D eigenvalue weighted by Crippen LogP contribution is -2.37. The Balaban J connectivity index is 1.79. The van der Waals surface area contributed by atoms with Gasteiger partial charge in [0.2, 0.25) is 5.82 Å². The quantitative estimate of drug-likeness (QED) is 0.603. The van der Waals surface area contributed by atoms with Gasteiger partial charge >= 0.3 is 11.7 Å². The Labute approximate surface area is 156 Å². The second-order valence-electron chi connectivity index (χ2n) is 6.20. The first kappa shape index (κ1) is 19.3. The van der Waals surface area contributed by atoms with Crippen LogP contribution in [0, 0.1) is 5.82 Å². The number of ether oxygens (including phenoxy) is 1. The topological polar surface area (TPSA) is 142 Å². The first-order valence-electron chi connectivity index (χ1n) is 8.19. The minimum Gasteiger partial charge on any atom is -0.482 e. The molecule has 0 unspecified atom stereocenters. The van der Waals surface area contributed by atoms with Gasteiger partial charge < -0.3 is 19.8 Å². The summed E-state index contributed by atoms with van der Waals surface area (Å²) < 4.78 is 19.4. The van der Waals surface area contributed by atoms with Gasteiger partial charge in [-0.25, -0.2) is 9.59 Å². The maximum atomic E-state index is 13.5. The number of nitrogens with one attached hydrogen (secondary N) is 1. The highest BCUT2D eigenvalue weighted by atomic mass is 19.1. The number of carboxylic acid groups (broad SMARTS) is 1. The van der Waals surface area contributed by atoms with Gasteiger partial charge in [0.15, 0.2) is 6.61 Å². The van der Waals surface area contributed by atoms with E-state index in [0.717, 1.165) is 4.57 Å². The normalized spacial score (nSPS) is 18.9. The van der Waals surface area contributed by atoms with Gasteiger partial charge in [-0.2, -0.15) is 4.39 Å². The number of aliphatic hydroxyl groups is 1. The van der Waals surface area contributed by atoms with E-state index in [2.05, 4.69) is 0 Å². The number of aromatic nitrogens is 2. The molecule has 1 amide bonds. The van der Waals surface area contributed by atoms with Crippen LogP contribution in [0.25, 0.3) is 0 Å². The predicted octanol–water partition coefficient (Wildman–Crippen LogP) is -0.803. The summed E-state index contributed by atoms with van der Waals surface area (Å²) in [5.74, 6) is -2.65. The van der Waals surface area contributed by atoms with E-state index in [9.17, 15) is 28.7 Å². The van der Waals surface area contributed by atoms with Crippen molar-refractivity contribution < 1.29 is 28.9 Å². The van der Waals surface area contributed by atoms with Crippen LogP contribution in [0.4, 0.5) is 4.39 Å². The zero-order valence-electron chi connectivity index (χ0n) is 14.4. The molecule has 0 spiro atoms. The standard InChI is InChI=1S/C17H16FN3O7/c18-11-5-21(17(27)19-15(11)25)12-6-20(7-13(12)22)16(26)9-2-1-3-10(4-9)28-8-14(23)24/h1-5,12-13,22H,6-8H2,(H,23,24)(H,19,25,27)/t12-,13-/m1/s1. The van der Waals surface area contributed by atoms with Crippen LogP contribution in [0.15, 0.2) is 40.1 Å². The van der Waals surface area contributed by atoms with Crippen LogP contribution < -0.4 is 16.0 Å². The highest BCUT2D eigenvalue weighted by Crippen LogP contribution is 2.24. The summed E-state index contributed by atoms with van der Waals surface area (Å²) in [5, 5.41) is 18.9. The van der Waals surface area contributed by atoms with Crippen LogP contribution in [-0.4, -0.2) is 62.3 Å². The number of nitrogens with zero attached hydrogens (tertiary/aromatic N) is 2. The number of benzene rings is 1. The molecule has 2 atom stereocenters. The summed E-state index contributed by atoms with van der Waals surface area (Å²) in [7, 11) is 0. The van der Waals surface area contributed by atoms with E-state index in [-0.39, 0.29) is 24.4 Å². The van der Waals surface area contributed by atoms with Crippen molar-refractivity contribution in [3.8, 4) is 5.75 Å². The second-order valence-corrected chi connectivity index (χ2v) is 6.20. The summed E-state index contributed by atoms with van der Waals surface area (Å²) in [4.78, 5) is 49.4. The highest BCUT2D eigenvalue weighted by molar-refractivity contribution is 5.94. The van der Waals surface area contributed by atoms with Gasteiger partial charge in [0.1, 0.15) is 5.75 Å². The Morgan fingerprint density at radius 2 is 2.04 bits per heavy atom. The fraction of sp³-hybridized carbons (Fsp3) is 0.294. The average Bonchev–Trinajstić information content (AvgIpc) is 3.04. The Kier molecular flexibility index (Phi) is 5.27. The molecule has 3 rings (SSSR count). The summed E-state index contributed by atoms with van der Waals surface area (Å²) in [5.41, 5.74) is -1.87. The third kappa shape index (κ3) is 3.93. The number of carbonyl (C=O) groups is 2. The molecule has 1 aromatic heterocycles. The molecule has 0 bridgehead atoms. The molecule has 0 aliphatic carbocycles. The predicted molar refractivity (Wildman–Crippen MR) is 91.8 cm³/mol. The summed E-state index contributed by atoms with van der Waals surface area (Å²) in [6, 6.07) is 4.91. The third-order valence-electron chi connectivity index (χ3n) is 4.27. The van der Waals surface area contributed by atoms with Crippen LogP contribution in [0.3, 0.4) is 0 Å². The first-order chi connectivity index (χ1) is 13.3. The Hall–Kier alpha value is -3.47. The minimum absolute atomic E-state index is 0.0917. The molecule has 11 heteroatoms. The van der Waals surface area contributed by atoms with Gasteiger partial charge in [-0.3, -0.25) is 19.1 Å². The number of aliphatic carboxylic acids is 1. The van der Waals surface area contributed by atoms with E-state index >= 15 is 0 Å². The first-order valence-corrected chi connectivity index (χ1v) is 8.19. The minimum atomic E-state index is -1.18. The molecule has 0 saturated carbocycles. The molecule has 1 aromatic carbocycles. The van der Waals surface area contributed by atoms with Crippen molar-refractivity contribution in [3.05, 3.63) is 62.7 Å². The highest BCUT2D eigenvalue weighted by Gasteiger charge is 2.36. The largest absolute Gasteiger partial charge is 0.482 e. The number of hydrogen-bond donors (Lipinski definition) is 3. The third-order valence-corrected chi connectivity index (χ3v) is 4.27. The van der Waals surface area contributed by atoms with Crippen molar-refractivity contribution in [2.75, 3.05) is 19.7 Å². The lowest BCUT2D eigenvalue weighted by molar-refractivity contribution is -0.139. The Morgan fingerprint density at radius 3 is 2.75 bits per heavy atom. The van der Waals surface area contributed by atoms with Crippen LogP contribution in [0.5, 0.6) is 5.75 Å². The van der Waals surface area contributed by atoms with Gasteiger partial charge in [0, 0.05) is 18.7 Å². The van der Waals surface area contributed by atoms with Gasteiger partial charge in [-0.05, 0) is 18.2 Å². The van der Waals surface area contributed by atoms with Gasteiger partial charge in [0.05, 0.1) is 18.3 Å². The van der Waals surface area contributed by atoms with Crippen LogP contribution >= 0.6 is 0 Å². The number of carboxylic acids is 1. The summed E-state index contributed by atoms with van der Waals surface area (Å²) in [6.07, 6.45) is -0.456. The zero-order valence-corrected chi connectivity index (χ0v) is 14.4. The van der Waals surface area contributed by atoms with E-state index < -0.39 is 47.7 Å². The molecular weight excluding hydrogens is 377 g/mol. The molecule has 28 heavy (non-hydrogen) atoms. The number of aromatic amines is 1. The maximum Gasteiger partial charge on any atom is 0.341 e. The molecule has 2 aromatic rings. The Bertz CT molecular complexity index is 1030. The number of likely N-dealkylation sites (tertiary alicyclic amines) is 1. The second kappa shape index (κ2) is 7.64. The van der Waals surface area contributed by atoms with Gasteiger partial charge in [-0.15, -0.1) is 0 Å². The number of rotatable bonds is 5. The van der Waals surface area contributed by atoms with Crippen molar-refractivity contribution in [1.82, 2.24) is 14.5 Å². The fourth-order valence-corrected chi connectivity index (χ4v) is 2.96. The van der Waals surface area contributed by atoms with Crippen molar-refractivity contribution in [2.45, 2.75) is 12.1 Å². The molecule has 1 aliphatic heterocycles.